The van der Waals surface area contributed by atoms with Crippen molar-refractivity contribution in [2.45, 2.75) is 12.0 Å². The topological polar surface area (TPSA) is 77.1 Å². The number of benzene rings is 3. The summed E-state index contributed by atoms with van der Waals surface area (Å²) in [6.45, 7) is 0.702. The summed E-state index contributed by atoms with van der Waals surface area (Å²) < 4.78 is 29.7. The zero-order valence-electron chi connectivity index (χ0n) is 18.5. The lowest BCUT2D eigenvalue weighted by atomic mass is 9.79. The van der Waals surface area contributed by atoms with Gasteiger partial charge in [-0.2, -0.15) is 0 Å². The van der Waals surface area contributed by atoms with Gasteiger partial charge in [-0.1, -0.05) is 30.3 Å². The molecule has 0 radical (unpaired) electrons. The first-order chi connectivity index (χ1) is 16.6. The van der Waals surface area contributed by atoms with Crippen LogP contribution in [0, 0.1) is 5.82 Å². The van der Waals surface area contributed by atoms with E-state index in [1.807, 2.05) is 0 Å². The number of carbonyl (C=O) groups excluding carboxylic acids is 2. The van der Waals surface area contributed by atoms with Gasteiger partial charge in [0.15, 0.2) is 11.5 Å². The van der Waals surface area contributed by atoms with E-state index in [0.29, 0.717) is 40.5 Å². The van der Waals surface area contributed by atoms with Gasteiger partial charge in [0.25, 0.3) is 5.91 Å². The molecule has 7 nitrogen and oxygen atoms in total. The number of anilines is 1. The number of ether oxygens (including phenoxy) is 3. The van der Waals surface area contributed by atoms with Gasteiger partial charge in [-0.05, 0) is 41.5 Å². The van der Waals surface area contributed by atoms with Crippen LogP contribution >= 0.6 is 0 Å². The Hall–Kier alpha value is -3.91. The van der Waals surface area contributed by atoms with E-state index >= 15 is 0 Å². The minimum Gasteiger partial charge on any atom is -0.454 e. The van der Waals surface area contributed by atoms with Crippen molar-refractivity contribution in [2.24, 2.45) is 0 Å². The van der Waals surface area contributed by atoms with Crippen molar-refractivity contribution in [3.63, 3.8) is 0 Å². The second-order valence-corrected chi connectivity index (χ2v) is 8.11. The summed E-state index contributed by atoms with van der Waals surface area (Å²) in [4.78, 5) is 28.9. The number of nitrogens with one attached hydrogen (secondary N) is 1. The van der Waals surface area contributed by atoms with Crippen LogP contribution in [0.2, 0.25) is 0 Å². The molecular weight excluding hydrogens is 439 g/mol. The highest BCUT2D eigenvalue weighted by Gasteiger charge is 2.44. The number of rotatable bonds is 6. The van der Waals surface area contributed by atoms with Gasteiger partial charge >= 0.3 is 0 Å². The van der Waals surface area contributed by atoms with Crippen LogP contribution in [0.5, 0.6) is 11.5 Å². The minimum absolute atomic E-state index is 0.131. The predicted molar refractivity (Wildman–Crippen MR) is 122 cm³/mol. The Morgan fingerprint density at radius 1 is 1.09 bits per heavy atom. The lowest BCUT2D eigenvalue weighted by molar-refractivity contribution is -0.119. The van der Waals surface area contributed by atoms with Gasteiger partial charge in [0.2, 0.25) is 12.7 Å². The first-order valence-corrected chi connectivity index (χ1v) is 10.9. The van der Waals surface area contributed by atoms with Gasteiger partial charge < -0.3 is 24.4 Å². The first-order valence-electron chi connectivity index (χ1n) is 10.9. The molecule has 8 heteroatoms. The summed E-state index contributed by atoms with van der Waals surface area (Å²) >= 11 is 0. The first kappa shape index (κ1) is 21.9. The molecule has 0 bridgehead atoms. The maximum atomic E-state index is 13.8. The largest absolute Gasteiger partial charge is 0.454 e. The third-order valence-electron chi connectivity index (χ3n) is 6.11. The Balaban J connectivity index is 1.58. The highest BCUT2D eigenvalue weighted by atomic mass is 19.1. The fourth-order valence-electron chi connectivity index (χ4n) is 4.54. The van der Waals surface area contributed by atoms with Crippen LogP contribution in [0.25, 0.3) is 0 Å². The van der Waals surface area contributed by atoms with Gasteiger partial charge in [0.05, 0.1) is 18.6 Å². The molecule has 2 atom stereocenters. The fourth-order valence-corrected chi connectivity index (χ4v) is 4.54. The Morgan fingerprint density at radius 3 is 2.65 bits per heavy atom. The van der Waals surface area contributed by atoms with E-state index in [1.54, 1.807) is 66.6 Å². The van der Waals surface area contributed by atoms with Crippen LogP contribution in [0.4, 0.5) is 10.1 Å². The van der Waals surface area contributed by atoms with Crippen molar-refractivity contribution in [2.75, 3.05) is 32.4 Å². The monoisotopic (exact) mass is 462 g/mol. The highest BCUT2D eigenvalue weighted by molar-refractivity contribution is 6.04. The van der Waals surface area contributed by atoms with Crippen LogP contribution in [-0.4, -0.2) is 43.8 Å². The zero-order valence-corrected chi connectivity index (χ0v) is 18.5. The van der Waals surface area contributed by atoms with Gasteiger partial charge in [-0.3, -0.25) is 9.59 Å². The molecule has 2 aliphatic heterocycles. The van der Waals surface area contributed by atoms with E-state index in [-0.39, 0.29) is 25.2 Å². The maximum Gasteiger partial charge on any atom is 0.254 e. The Kier molecular flexibility index (Phi) is 5.90. The molecular formula is C26H23FN2O5. The summed E-state index contributed by atoms with van der Waals surface area (Å²) in [5.74, 6) is -0.460. The molecule has 0 saturated carbocycles. The van der Waals surface area contributed by atoms with E-state index < -0.39 is 17.8 Å². The number of hydrogen-bond acceptors (Lipinski definition) is 5. The summed E-state index contributed by atoms with van der Waals surface area (Å²) in [5, 5.41) is 2.97. The molecule has 0 spiro atoms. The molecule has 1 N–H and O–H groups in total. The molecule has 3 aromatic carbocycles. The Bertz CT molecular complexity index is 1230. The number of amides is 2. The number of fused-ring (bicyclic) bond motifs is 2. The number of carbonyl (C=O) groups is 2. The van der Waals surface area contributed by atoms with Crippen LogP contribution in [0.3, 0.4) is 0 Å². The smallest absolute Gasteiger partial charge is 0.254 e. The summed E-state index contributed by atoms with van der Waals surface area (Å²) in [6.07, 6.45) is 0. The maximum absolute atomic E-state index is 13.8. The van der Waals surface area contributed by atoms with E-state index in [0.717, 1.165) is 0 Å². The van der Waals surface area contributed by atoms with Crippen molar-refractivity contribution in [1.82, 2.24) is 4.90 Å². The standard InChI is InChI=1S/C26H23FN2O5/c1-32-13-12-29-24(16-6-8-17(27)9-7-16)23(19-4-2-3-5-20(19)26(29)31)25(30)28-18-10-11-21-22(14-18)34-15-33-21/h2-11,14,23-24H,12-13,15H2,1H3,(H,28,30). The Morgan fingerprint density at radius 2 is 1.85 bits per heavy atom. The summed E-state index contributed by atoms with van der Waals surface area (Å²) in [6, 6.07) is 17.5. The SMILES string of the molecule is COCCN1C(=O)c2ccccc2C(C(=O)Nc2ccc3c(c2)OCO3)C1c1ccc(F)cc1. The number of nitrogens with zero attached hydrogens (tertiary/aromatic N) is 1. The van der Waals surface area contributed by atoms with Crippen molar-refractivity contribution in [1.29, 1.82) is 0 Å². The van der Waals surface area contributed by atoms with E-state index in [9.17, 15) is 14.0 Å². The van der Waals surface area contributed by atoms with Crippen molar-refractivity contribution >= 4 is 17.5 Å². The van der Waals surface area contributed by atoms with Crippen molar-refractivity contribution in [3.8, 4) is 11.5 Å². The average Bonchev–Trinajstić information content (AvgIpc) is 3.32. The second kappa shape index (κ2) is 9.15. The van der Waals surface area contributed by atoms with Crippen molar-refractivity contribution in [3.05, 3.63) is 89.2 Å². The van der Waals surface area contributed by atoms with Crippen LogP contribution < -0.4 is 14.8 Å². The number of halogens is 1. The molecule has 0 fully saturated rings. The van der Waals surface area contributed by atoms with Gasteiger partial charge in [-0.15, -0.1) is 0 Å². The predicted octanol–water partition coefficient (Wildman–Crippen LogP) is 4.12. The minimum atomic E-state index is -0.735. The highest BCUT2D eigenvalue weighted by Crippen LogP contribution is 2.43. The van der Waals surface area contributed by atoms with Gasteiger partial charge in [0.1, 0.15) is 5.82 Å². The van der Waals surface area contributed by atoms with Crippen molar-refractivity contribution < 1.29 is 28.2 Å². The molecule has 0 aliphatic carbocycles. The third kappa shape index (κ3) is 3.97. The number of hydrogen-bond donors (Lipinski definition) is 1. The summed E-state index contributed by atoms with van der Waals surface area (Å²) in [5.41, 5.74) is 2.28. The van der Waals surface area contributed by atoms with Crippen LogP contribution in [-0.2, 0) is 9.53 Å². The second-order valence-electron chi connectivity index (χ2n) is 8.11. The quantitative estimate of drug-likeness (QED) is 0.596. The molecule has 2 aliphatic rings. The Labute approximate surface area is 196 Å². The zero-order chi connectivity index (χ0) is 23.7. The lowest BCUT2D eigenvalue weighted by Crippen LogP contribution is -2.47. The van der Waals surface area contributed by atoms with E-state index in [1.165, 1.54) is 12.1 Å². The lowest BCUT2D eigenvalue weighted by Gasteiger charge is -2.41. The van der Waals surface area contributed by atoms with Crippen LogP contribution in [0.15, 0.2) is 66.7 Å². The molecule has 0 saturated heterocycles. The molecule has 3 aromatic rings. The molecule has 174 valence electrons. The summed E-state index contributed by atoms with van der Waals surface area (Å²) in [7, 11) is 1.55. The van der Waals surface area contributed by atoms with Gasteiger partial charge in [0, 0.05) is 31.0 Å². The van der Waals surface area contributed by atoms with E-state index in [2.05, 4.69) is 5.32 Å². The fraction of sp³-hybridized carbons (Fsp3) is 0.231. The normalized spacial score (nSPS) is 18.5. The molecule has 34 heavy (non-hydrogen) atoms. The molecule has 0 aromatic heterocycles. The van der Waals surface area contributed by atoms with Gasteiger partial charge in [-0.25, -0.2) is 4.39 Å². The molecule has 2 unspecified atom stereocenters. The third-order valence-corrected chi connectivity index (χ3v) is 6.11. The molecule has 5 rings (SSSR count). The molecule has 2 heterocycles. The molecule has 2 amide bonds. The van der Waals surface area contributed by atoms with Crippen LogP contribution in [0.1, 0.15) is 33.4 Å². The average molecular weight is 462 g/mol. The van der Waals surface area contributed by atoms with E-state index in [4.69, 9.17) is 14.2 Å². The number of methoxy groups -OCH3 is 1.